The fraction of sp³-hybridized carbons (Fsp3) is 0.929. The molecule has 0 aromatic rings. The average Bonchev–Trinajstić information content (AvgIpc) is 2.87. The minimum atomic E-state index is 0.262. The largest absolute Gasteiger partial charge is 0.340 e. The Morgan fingerprint density at radius 1 is 1.11 bits per heavy atom. The zero-order chi connectivity index (χ0) is 13.5. The van der Waals surface area contributed by atoms with E-state index in [1.807, 2.05) is 13.8 Å². The van der Waals surface area contributed by atoms with Gasteiger partial charge in [-0.1, -0.05) is 20.8 Å². The van der Waals surface area contributed by atoms with Crippen LogP contribution < -0.4 is 0 Å². The number of rotatable bonds is 2. The summed E-state index contributed by atoms with van der Waals surface area (Å²) >= 11 is 0. The van der Waals surface area contributed by atoms with Crippen LogP contribution >= 0.6 is 0 Å². The molecule has 4 heteroatoms. The molecule has 2 fully saturated rings. The number of hydrogen-bond donors (Lipinski definition) is 0. The Hall–Kier alpha value is -0.610. The highest BCUT2D eigenvalue weighted by atomic mass is 16.2. The zero-order valence-electron chi connectivity index (χ0n) is 12.5. The van der Waals surface area contributed by atoms with Gasteiger partial charge in [-0.2, -0.15) is 0 Å². The van der Waals surface area contributed by atoms with Crippen molar-refractivity contribution in [1.29, 1.82) is 0 Å². The van der Waals surface area contributed by atoms with Gasteiger partial charge in [-0.25, -0.2) is 0 Å². The number of nitrogens with zero attached hydrogens (tertiary/aromatic N) is 3. The van der Waals surface area contributed by atoms with E-state index in [0.29, 0.717) is 5.91 Å². The molecule has 0 spiro atoms. The molecule has 1 amide bonds. The molecule has 0 bridgehead atoms. The Kier molecular flexibility index (Phi) is 6.65. The van der Waals surface area contributed by atoms with Crippen LogP contribution in [0.25, 0.3) is 0 Å². The smallest absolute Gasteiger partial charge is 0.227 e. The van der Waals surface area contributed by atoms with Crippen molar-refractivity contribution >= 4 is 5.91 Å². The third kappa shape index (κ3) is 3.95. The Balaban J connectivity index is 0.000000771. The lowest BCUT2D eigenvalue weighted by atomic mass is 10.1. The van der Waals surface area contributed by atoms with E-state index in [9.17, 15) is 4.79 Å². The highest BCUT2D eigenvalue weighted by Gasteiger charge is 2.31. The van der Waals surface area contributed by atoms with Crippen molar-refractivity contribution in [3.8, 4) is 0 Å². The second kappa shape index (κ2) is 7.74. The van der Waals surface area contributed by atoms with Crippen LogP contribution in [-0.4, -0.2) is 73.5 Å². The molecule has 4 nitrogen and oxygen atoms in total. The van der Waals surface area contributed by atoms with Gasteiger partial charge in [0, 0.05) is 32.7 Å². The number of hydrogen-bond acceptors (Lipinski definition) is 3. The first-order valence-electron chi connectivity index (χ1n) is 7.40. The van der Waals surface area contributed by atoms with Crippen molar-refractivity contribution in [1.82, 2.24) is 14.7 Å². The summed E-state index contributed by atoms with van der Waals surface area (Å²) < 4.78 is 0. The monoisotopic (exact) mass is 255 g/mol. The maximum Gasteiger partial charge on any atom is 0.227 e. The van der Waals surface area contributed by atoms with Gasteiger partial charge in [-0.15, -0.1) is 0 Å². The number of likely N-dealkylation sites (N-methyl/N-ethyl adjacent to an activating group) is 1. The molecule has 0 saturated carbocycles. The van der Waals surface area contributed by atoms with Crippen molar-refractivity contribution in [3.05, 3.63) is 0 Å². The Bertz CT molecular complexity index is 249. The molecule has 2 heterocycles. The highest BCUT2D eigenvalue weighted by Crippen LogP contribution is 2.18. The molecule has 1 atom stereocenters. The summed E-state index contributed by atoms with van der Waals surface area (Å²) in [6.07, 6.45) is 1.04. The third-order valence-corrected chi connectivity index (χ3v) is 3.87. The van der Waals surface area contributed by atoms with Gasteiger partial charge < -0.3 is 14.7 Å². The average molecular weight is 255 g/mol. The standard InChI is InChI=1S/C12H23N3O.C2H6/c1-3-14-6-8-15(9-7-14)12(16)11-4-5-13(2)10-11;1-2/h11H,3-10H2,1-2H3;1-2H3. The molecular weight excluding hydrogens is 226 g/mol. The molecule has 0 aromatic carbocycles. The normalized spacial score (nSPS) is 25.8. The molecule has 0 N–H and O–H groups in total. The number of carbonyl (C=O) groups excluding carboxylic acids is 1. The molecule has 2 aliphatic rings. The van der Waals surface area contributed by atoms with Crippen molar-refractivity contribution in [3.63, 3.8) is 0 Å². The highest BCUT2D eigenvalue weighted by molar-refractivity contribution is 5.79. The van der Waals surface area contributed by atoms with E-state index in [0.717, 1.165) is 52.2 Å². The predicted molar refractivity (Wildman–Crippen MR) is 75.6 cm³/mol. The fourth-order valence-corrected chi connectivity index (χ4v) is 2.68. The van der Waals surface area contributed by atoms with Crippen LogP contribution in [0.1, 0.15) is 27.2 Å². The van der Waals surface area contributed by atoms with Gasteiger partial charge >= 0.3 is 0 Å². The molecule has 0 aliphatic carbocycles. The second-order valence-electron chi connectivity index (χ2n) is 5.01. The summed E-state index contributed by atoms with van der Waals surface area (Å²) in [6, 6.07) is 0. The summed E-state index contributed by atoms with van der Waals surface area (Å²) in [5.74, 6) is 0.651. The molecule has 2 aliphatic heterocycles. The zero-order valence-corrected chi connectivity index (χ0v) is 12.5. The molecular formula is C14H29N3O. The first-order valence-corrected chi connectivity index (χ1v) is 7.40. The maximum atomic E-state index is 12.2. The Labute approximate surface area is 112 Å². The molecule has 0 aromatic heterocycles. The van der Waals surface area contributed by atoms with Crippen LogP contribution in [0, 0.1) is 5.92 Å². The Morgan fingerprint density at radius 3 is 2.17 bits per heavy atom. The summed E-state index contributed by atoms with van der Waals surface area (Å²) in [7, 11) is 2.10. The van der Waals surface area contributed by atoms with Gasteiger partial charge in [-0.05, 0) is 26.6 Å². The Morgan fingerprint density at radius 2 is 1.72 bits per heavy atom. The topological polar surface area (TPSA) is 26.8 Å². The van der Waals surface area contributed by atoms with E-state index >= 15 is 0 Å². The van der Waals surface area contributed by atoms with Crippen molar-refractivity contribution in [2.75, 3.05) is 52.9 Å². The fourth-order valence-electron chi connectivity index (χ4n) is 2.68. The molecule has 1 unspecified atom stereocenters. The van der Waals surface area contributed by atoms with Crippen LogP contribution in [0.15, 0.2) is 0 Å². The van der Waals surface area contributed by atoms with Crippen LogP contribution in [0.3, 0.4) is 0 Å². The van der Waals surface area contributed by atoms with Crippen LogP contribution in [0.2, 0.25) is 0 Å². The summed E-state index contributed by atoms with van der Waals surface area (Å²) in [4.78, 5) is 18.9. The van der Waals surface area contributed by atoms with E-state index in [1.165, 1.54) is 0 Å². The lowest BCUT2D eigenvalue weighted by Gasteiger charge is -2.35. The number of piperazine rings is 1. The van der Waals surface area contributed by atoms with Crippen molar-refractivity contribution in [2.24, 2.45) is 5.92 Å². The number of amides is 1. The van der Waals surface area contributed by atoms with Crippen LogP contribution in [0.4, 0.5) is 0 Å². The minimum Gasteiger partial charge on any atom is -0.340 e. The summed E-state index contributed by atoms with van der Waals surface area (Å²) in [6.45, 7) is 13.3. The third-order valence-electron chi connectivity index (χ3n) is 3.87. The minimum absolute atomic E-state index is 0.262. The molecule has 0 radical (unpaired) electrons. The molecule has 2 saturated heterocycles. The summed E-state index contributed by atoms with van der Waals surface area (Å²) in [5.41, 5.74) is 0. The number of likely N-dealkylation sites (tertiary alicyclic amines) is 1. The lowest BCUT2D eigenvalue weighted by Crippen LogP contribution is -2.50. The van der Waals surface area contributed by atoms with E-state index in [1.54, 1.807) is 0 Å². The van der Waals surface area contributed by atoms with E-state index in [-0.39, 0.29) is 5.92 Å². The van der Waals surface area contributed by atoms with Crippen LogP contribution in [0.5, 0.6) is 0 Å². The molecule has 18 heavy (non-hydrogen) atoms. The molecule has 106 valence electrons. The quantitative estimate of drug-likeness (QED) is 0.740. The van der Waals surface area contributed by atoms with Gasteiger partial charge in [0.25, 0.3) is 0 Å². The maximum absolute atomic E-state index is 12.2. The first kappa shape index (κ1) is 15.4. The predicted octanol–water partition coefficient (Wildman–Crippen LogP) is 1.13. The van der Waals surface area contributed by atoms with Crippen molar-refractivity contribution in [2.45, 2.75) is 27.2 Å². The van der Waals surface area contributed by atoms with Gasteiger partial charge in [0.05, 0.1) is 5.92 Å². The van der Waals surface area contributed by atoms with E-state index in [4.69, 9.17) is 0 Å². The first-order chi connectivity index (χ1) is 8.70. The van der Waals surface area contributed by atoms with E-state index in [2.05, 4.69) is 28.7 Å². The van der Waals surface area contributed by atoms with Gasteiger partial charge in [0.1, 0.15) is 0 Å². The summed E-state index contributed by atoms with van der Waals surface area (Å²) in [5, 5.41) is 0. The second-order valence-corrected chi connectivity index (χ2v) is 5.01. The van der Waals surface area contributed by atoms with Gasteiger partial charge in [0.2, 0.25) is 5.91 Å². The number of carbonyl (C=O) groups is 1. The SMILES string of the molecule is CC.CCN1CCN(C(=O)C2CCN(C)C2)CC1. The van der Waals surface area contributed by atoms with Crippen LogP contribution in [-0.2, 0) is 4.79 Å². The van der Waals surface area contributed by atoms with Gasteiger partial charge in [0.15, 0.2) is 0 Å². The molecule has 2 rings (SSSR count). The lowest BCUT2D eigenvalue weighted by molar-refractivity contribution is -0.136. The van der Waals surface area contributed by atoms with Crippen molar-refractivity contribution < 1.29 is 4.79 Å². The van der Waals surface area contributed by atoms with Gasteiger partial charge in [-0.3, -0.25) is 4.79 Å². The van der Waals surface area contributed by atoms with E-state index < -0.39 is 0 Å².